The van der Waals surface area contributed by atoms with E-state index in [4.69, 9.17) is 5.41 Å². The highest BCUT2D eigenvalue weighted by molar-refractivity contribution is 5.68. The van der Waals surface area contributed by atoms with Crippen molar-refractivity contribution in [1.82, 2.24) is 5.32 Å². The summed E-state index contributed by atoms with van der Waals surface area (Å²) in [5, 5.41) is 11.4. The standard InChI is InChI=1S/C18H28N2/c1-4-6-8-10-15-12-18(13-19)16(15)11-14(9-7-5-2)17(18)20-3/h4,7-10,13-17,19-20H,1,5-6,11-12H2,2-3H3/b9-7+,10-8+,19-13?/t14?,15?,16?,17-,18?/m0/s1. The summed E-state index contributed by atoms with van der Waals surface area (Å²) in [6.07, 6.45) is 17.3. The van der Waals surface area contributed by atoms with Crippen LogP contribution in [0.5, 0.6) is 0 Å². The number of allylic oxidation sites excluding steroid dienone is 4. The van der Waals surface area contributed by atoms with E-state index in [1.54, 1.807) is 6.21 Å². The summed E-state index contributed by atoms with van der Waals surface area (Å²) in [6.45, 7) is 5.94. The fourth-order valence-corrected chi connectivity index (χ4v) is 4.31. The number of rotatable bonds is 7. The Hall–Kier alpha value is -1.15. The first kappa shape index (κ1) is 15.2. The molecule has 0 radical (unpaired) electrons. The Bertz CT molecular complexity index is 410. The fourth-order valence-electron chi connectivity index (χ4n) is 4.31. The normalized spacial score (nSPS) is 39.9. The second-order valence-corrected chi connectivity index (χ2v) is 6.19. The predicted octanol–water partition coefficient (Wildman–Crippen LogP) is 3.96. The van der Waals surface area contributed by atoms with E-state index < -0.39 is 0 Å². The first-order valence-corrected chi connectivity index (χ1v) is 7.86. The molecule has 2 rings (SSSR count). The zero-order valence-electron chi connectivity index (χ0n) is 12.8. The Kier molecular flexibility index (Phi) is 4.98. The van der Waals surface area contributed by atoms with Crippen LogP contribution < -0.4 is 5.32 Å². The molecule has 2 heteroatoms. The molecule has 4 unspecified atom stereocenters. The molecule has 0 spiro atoms. The lowest BCUT2D eigenvalue weighted by atomic mass is 9.54. The Morgan fingerprint density at radius 3 is 2.65 bits per heavy atom. The van der Waals surface area contributed by atoms with Gasteiger partial charge in [-0.2, -0.15) is 0 Å². The van der Waals surface area contributed by atoms with Crippen molar-refractivity contribution in [3.63, 3.8) is 0 Å². The molecule has 0 bridgehead atoms. The molecule has 2 saturated carbocycles. The van der Waals surface area contributed by atoms with E-state index in [1.807, 2.05) is 13.1 Å². The van der Waals surface area contributed by atoms with Crippen LogP contribution in [0, 0.1) is 28.6 Å². The quantitative estimate of drug-likeness (QED) is 0.534. The molecule has 0 aliphatic heterocycles. The van der Waals surface area contributed by atoms with E-state index in [0.29, 0.717) is 23.8 Å². The molecule has 0 heterocycles. The molecule has 2 N–H and O–H groups in total. The highest BCUT2D eigenvalue weighted by atomic mass is 14.9. The van der Waals surface area contributed by atoms with Crippen LogP contribution in [0.15, 0.2) is 37.0 Å². The topological polar surface area (TPSA) is 35.9 Å². The first-order valence-electron chi connectivity index (χ1n) is 7.86. The lowest BCUT2D eigenvalue weighted by Crippen LogP contribution is -2.55. The van der Waals surface area contributed by atoms with Crippen LogP contribution in [0.3, 0.4) is 0 Å². The van der Waals surface area contributed by atoms with Gasteiger partial charge in [0.05, 0.1) is 0 Å². The zero-order chi connectivity index (χ0) is 14.6. The third-order valence-corrected chi connectivity index (χ3v) is 5.21. The van der Waals surface area contributed by atoms with Crippen LogP contribution in [-0.4, -0.2) is 19.3 Å². The summed E-state index contributed by atoms with van der Waals surface area (Å²) in [5.41, 5.74) is 0.0840. The third-order valence-electron chi connectivity index (χ3n) is 5.21. The largest absolute Gasteiger partial charge is 0.315 e. The second kappa shape index (κ2) is 6.53. The molecule has 0 saturated heterocycles. The maximum absolute atomic E-state index is 7.95. The van der Waals surface area contributed by atoms with Crippen LogP contribution >= 0.6 is 0 Å². The molecule has 0 aromatic carbocycles. The summed E-state index contributed by atoms with van der Waals surface area (Å²) in [4.78, 5) is 0. The van der Waals surface area contributed by atoms with Crippen molar-refractivity contribution in [3.8, 4) is 0 Å². The molecule has 2 aliphatic carbocycles. The molecule has 2 aliphatic rings. The zero-order valence-corrected chi connectivity index (χ0v) is 12.8. The van der Waals surface area contributed by atoms with Gasteiger partial charge in [0.25, 0.3) is 0 Å². The van der Waals surface area contributed by atoms with Crippen LogP contribution in [0.2, 0.25) is 0 Å². The number of nitrogens with one attached hydrogen (secondary N) is 2. The summed E-state index contributed by atoms with van der Waals surface area (Å²) in [7, 11) is 2.05. The molecule has 0 amide bonds. The van der Waals surface area contributed by atoms with E-state index in [2.05, 4.69) is 43.1 Å². The molecule has 5 atom stereocenters. The Morgan fingerprint density at radius 2 is 2.05 bits per heavy atom. The fraction of sp³-hybridized carbons (Fsp3) is 0.611. The van der Waals surface area contributed by atoms with Crippen molar-refractivity contribution in [1.29, 1.82) is 5.41 Å². The molecule has 0 aromatic rings. The Morgan fingerprint density at radius 1 is 1.30 bits per heavy atom. The summed E-state index contributed by atoms with van der Waals surface area (Å²) < 4.78 is 0. The van der Waals surface area contributed by atoms with Crippen LogP contribution in [0.1, 0.15) is 32.6 Å². The SMILES string of the molecule is C=CC/C=C/C1CC2(C=N)C1CC(/C=C/CC)[C@@H]2NC. The van der Waals surface area contributed by atoms with Gasteiger partial charge in [0.15, 0.2) is 0 Å². The Balaban J connectivity index is 2.13. The van der Waals surface area contributed by atoms with Gasteiger partial charge in [0.2, 0.25) is 0 Å². The van der Waals surface area contributed by atoms with E-state index in [-0.39, 0.29) is 5.41 Å². The maximum Gasteiger partial charge on any atom is 0.0248 e. The first-order chi connectivity index (χ1) is 9.73. The van der Waals surface area contributed by atoms with Crippen molar-refractivity contribution in [2.24, 2.45) is 23.2 Å². The van der Waals surface area contributed by atoms with Gasteiger partial charge < -0.3 is 10.7 Å². The lowest BCUT2D eigenvalue weighted by Gasteiger charge is -2.51. The van der Waals surface area contributed by atoms with Gasteiger partial charge in [-0.05, 0) is 50.5 Å². The number of fused-ring (bicyclic) bond motifs is 1. The summed E-state index contributed by atoms with van der Waals surface area (Å²) in [5.74, 6) is 1.85. The molecule has 2 fully saturated rings. The van der Waals surface area contributed by atoms with Gasteiger partial charge >= 0.3 is 0 Å². The van der Waals surface area contributed by atoms with Crippen molar-refractivity contribution < 1.29 is 0 Å². The average molecular weight is 272 g/mol. The van der Waals surface area contributed by atoms with E-state index in [0.717, 1.165) is 19.3 Å². The minimum absolute atomic E-state index is 0.0840. The van der Waals surface area contributed by atoms with Gasteiger partial charge in [-0.25, -0.2) is 0 Å². The van der Waals surface area contributed by atoms with Crippen LogP contribution in [0.4, 0.5) is 0 Å². The van der Waals surface area contributed by atoms with Gasteiger partial charge in [0, 0.05) is 17.7 Å². The molecule has 20 heavy (non-hydrogen) atoms. The van der Waals surface area contributed by atoms with E-state index in [1.165, 1.54) is 6.42 Å². The van der Waals surface area contributed by atoms with Gasteiger partial charge in [-0.1, -0.05) is 37.3 Å². The summed E-state index contributed by atoms with van der Waals surface area (Å²) >= 11 is 0. The van der Waals surface area contributed by atoms with Gasteiger partial charge in [0.1, 0.15) is 0 Å². The van der Waals surface area contributed by atoms with Crippen molar-refractivity contribution >= 4 is 6.21 Å². The maximum atomic E-state index is 7.95. The second-order valence-electron chi connectivity index (χ2n) is 6.19. The highest BCUT2D eigenvalue weighted by Gasteiger charge is 2.61. The van der Waals surface area contributed by atoms with Crippen molar-refractivity contribution in [3.05, 3.63) is 37.0 Å². The average Bonchev–Trinajstić information content (AvgIpc) is 2.70. The predicted molar refractivity (Wildman–Crippen MR) is 87.2 cm³/mol. The minimum Gasteiger partial charge on any atom is -0.315 e. The molecule has 110 valence electrons. The molecular weight excluding hydrogens is 244 g/mol. The van der Waals surface area contributed by atoms with E-state index >= 15 is 0 Å². The molecule has 0 aromatic heterocycles. The summed E-state index contributed by atoms with van der Waals surface area (Å²) in [6, 6.07) is 0.428. The monoisotopic (exact) mass is 272 g/mol. The third kappa shape index (κ3) is 2.42. The minimum atomic E-state index is 0.0840. The van der Waals surface area contributed by atoms with Crippen molar-refractivity contribution in [2.75, 3.05) is 7.05 Å². The van der Waals surface area contributed by atoms with Gasteiger partial charge in [-0.15, -0.1) is 6.58 Å². The van der Waals surface area contributed by atoms with Crippen LogP contribution in [-0.2, 0) is 0 Å². The highest BCUT2D eigenvalue weighted by Crippen LogP contribution is 2.62. The number of hydrogen-bond acceptors (Lipinski definition) is 2. The van der Waals surface area contributed by atoms with Crippen molar-refractivity contribution in [2.45, 2.75) is 38.6 Å². The van der Waals surface area contributed by atoms with Gasteiger partial charge in [-0.3, -0.25) is 0 Å². The molecule has 2 nitrogen and oxygen atoms in total. The lowest BCUT2D eigenvalue weighted by molar-refractivity contribution is 0.0668. The molecular formula is C18H28N2. The van der Waals surface area contributed by atoms with E-state index in [9.17, 15) is 0 Å². The Labute approximate surface area is 123 Å². The number of hydrogen-bond donors (Lipinski definition) is 2. The smallest absolute Gasteiger partial charge is 0.0248 e. The van der Waals surface area contributed by atoms with Crippen LogP contribution in [0.25, 0.3) is 0 Å².